The predicted octanol–water partition coefficient (Wildman–Crippen LogP) is 5.15. The lowest BCUT2D eigenvalue weighted by molar-refractivity contribution is -0.141. The van der Waals surface area contributed by atoms with Crippen LogP contribution in [-0.4, -0.2) is 26.6 Å². The van der Waals surface area contributed by atoms with Crippen LogP contribution in [0.1, 0.15) is 39.6 Å². The predicted molar refractivity (Wildman–Crippen MR) is 116 cm³/mol. The molecule has 0 unspecified atom stereocenters. The van der Waals surface area contributed by atoms with Crippen LogP contribution in [0.15, 0.2) is 34.9 Å². The van der Waals surface area contributed by atoms with Crippen LogP contribution in [0.2, 0.25) is 0 Å². The molecule has 184 valence electrons. The summed E-state index contributed by atoms with van der Waals surface area (Å²) < 4.78 is 71.9. The second-order valence-corrected chi connectivity index (χ2v) is 8.41. The van der Waals surface area contributed by atoms with Crippen LogP contribution in [0.25, 0.3) is 21.5 Å². The number of anilines is 1. The van der Waals surface area contributed by atoms with Crippen LogP contribution in [-0.2, 0) is 17.5 Å². The van der Waals surface area contributed by atoms with Crippen molar-refractivity contribution in [1.29, 1.82) is 0 Å². The number of aryl methyl sites for hydroxylation is 2. The number of nitrogens with one attached hydrogen (secondary N) is 1. The maximum Gasteiger partial charge on any atom is 0.435 e. The highest BCUT2D eigenvalue weighted by atomic mass is 32.1. The Kier molecular flexibility index (Phi) is 6.32. The number of hydrogen-bond donors (Lipinski definition) is 2. The van der Waals surface area contributed by atoms with Crippen molar-refractivity contribution in [3.63, 3.8) is 0 Å². The Hall–Kier alpha value is -3.81. The smallest absolute Gasteiger partial charge is 0.435 e. The lowest BCUT2D eigenvalue weighted by atomic mass is 10.1. The van der Waals surface area contributed by atoms with Gasteiger partial charge in [0.15, 0.2) is 5.69 Å². The van der Waals surface area contributed by atoms with Crippen molar-refractivity contribution in [2.75, 3.05) is 5.32 Å². The summed E-state index contributed by atoms with van der Waals surface area (Å²) in [5.74, 6) is -1.40. The highest BCUT2D eigenvalue weighted by molar-refractivity contribution is 7.21. The van der Waals surface area contributed by atoms with E-state index in [2.05, 4.69) is 15.4 Å². The van der Waals surface area contributed by atoms with E-state index in [-0.39, 0.29) is 50.8 Å². The second-order valence-electron chi connectivity index (χ2n) is 7.41. The quantitative estimate of drug-likeness (QED) is 0.332. The van der Waals surface area contributed by atoms with Crippen LogP contribution in [0.5, 0.6) is 0 Å². The van der Waals surface area contributed by atoms with Gasteiger partial charge in [-0.25, -0.2) is 13.8 Å². The number of nitrogens with zero attached hydrogens (tertiary/aromatic N) is 3. The van der Waals surface area contributed by atoms with E-state index in [4.69, 9.17) is 10.2 Å². The molecule has 0 atom stereocenters. The van der Waals surface area contributed by atoms with Gasteiger partial charge in [0.2, 0.25) is 5.91 Å². The van der Waals surface area contributed by atoms with Crippen molar-refractivity contribution in [3.05, 3.63) is 52.5 Å². The van der Waals surface area contributed by atoms with Crippen molar-refractivity contribution < 1.29 is 36.0 Å². The van der Waals surface area contributed by atoms with E-state index in [0.29, 0.717) is 0 Å². The minimum atomic E-state index is -4.63. The van der Waals surface area contributed by atoms with Gasteiger partial charge in [-0.15, -0.1) is 11.3 Å². The Bertz CT molecular complexity index is 1410. The molecule has 0 spiro atoms. The minimum absolute atomic E-state index is 0.0241. The number of amides is 2. The number of carbonyl (C=O) groups excluding carboxylic acids is 2. The molecular weight excluding hydrogens is 497 g/mol. The van der Waals surface area contributed by atoms with Gasteiger partial charge in [0.1, 0.15) is 21.2 Å². The van der Waals surface area contributed by atoms with Crippen LogP contribution in [0.4, 0.5) is 27.6 Å². The number of nitrogens with two attached hydrogens (primary N) is 1. The molecule has 14 heteroatoms. The van der Waals surface area contributed by atoms with Crippen molar-refractivity contribution in [1.82, 2.24) is 14.8 Å². The van der Waals surface area contributed by atoms with Gasteiger partial charge in [0.25, 0.3) is 12.3 Å². The van der Waals surface area contributed by atoms with Crippen LogP contribution >= 0.6 is 11.3 Å². The molecule has 0 aromatic carbocycles. The summed E-state index contributed by atoms with van der Waals surface area (Å²) in [4.78, 5) is 28.6. The molecule has 0 aliphatic carbocycles. The molecule has 3 N–H and O–H groups in total. The van der Waals surface area contributed by atoms with E-state index in [9.17, 15) is 31.5 Å². The summed E-state index contributed by atoms with van der Waals surface area (Å²) in [6, 6.07) is 4.99. The van der Waals surface area contributed by atoms with E-state index in [0.717, 1.165) is 28.2 Å². The van der Waals surface area contributed by atoms with E-state index in [1.165, 1.54) is 25.3 Å². The summed E-state index contributed by atoms with van der Waals surface area (Å²) in [7, 11) is 0. The van der Waals surface area contributed by atoms with Gasteiger partial charge in [-0.1, -0.05) is 0 Å². The van der Waals surface area contributed by atoms with E-state index in [1.807, 2.05) is 0 Å². The third kappa shape index (κ3) is 4.87. The van der Waals surface area contributed by atoms with Crippen molar-refractivity contribution in [2.24, 2.45) is 5.73 Å². The van der Waals surface area contributed by atoms with Gasteiger partial charge in [0, 0.05) is 29.6 Å². The molecule has 2 amide bonds. The number of alkyl halides is 5. The molecule has 0 aliphatic heterocycles. The molecule has 0 fully saturated rings. The van der Waals surface area contributed by atoms with E-state index < -0.39 is 35.8 Å². The fourth-order valence-electron chi connectivity index (χ4n) is 3.43. The average Bonchev–Trinajstić information content (AvgIpc) is 3.50. The molecule has 0 radical (unpaired) electrons. The number of furan rings is 1. The van der Waals surface area contributed by atoms with E-state index in [1.54, 1.807) is 0 Å². The Morgan fingerprint density at radius 1 is 1.29 bits per heavy atom. The second kappa shape index (κ2) is 9.09. The summed E-state index contributed by atoms with van der Waals surface area (Å²) >= 11 is 0.722. The SMILES string of the molecule is Cc1cc(C(F)(F)F)nn1CCC(=O)Nc1c(C(N)=O)sc2nc(C(F)F)cc(-c3ccco3)c12. The number of thiophene rings is 1. The van der Waals surface area contributed by atoms with Gasteiger partial charge in [-0.05, 0) is 31.2 Å². The van der Waals surface area contributed by atoms with Gasteiger partial charge in [-0.2, -0.15) is 18.3 Å². The number of hydrogen-bond acceptors (Lipinski definition) is 6. The topological polar surface area (TPSA) is 116 Å². The Morgan fingerprint density at radius 3 is 2.60 bits per heavy atom. The molecule has 4 rings (SSSR count). The first kappa shape index (κ1) is 24.3. The minimum Gasteiger partial charge on any atom is -0.464 e. The number of halogens is 5. The molecule has 4 heterocycles. The summed E-state index contributed by atoms with van der Waals surface area (Å²) in [6.07, 6.45) is -6.51. The van der Waals surface area contributed by atoms with Crippen LogP contribution < -0.4 is 11.1 Å². The van der Waals surface area contributed by atoms with Crippen molar-refractivity contribution >= 4 is 39.1 Å². The van der Waals surface area contributed by atoms with Crippen molar-refractivity contribution in [3.8, 4) is 11.3 Å². The molecular formula is C21H16F5N5O3S. The number of fused-ring (bicyclic) bond motifs is 1. The Labute approximate surface area is 197 Å². The lowest BCUT2D eigenvalue weighted by Crippen LogP contribution is -2.19. The molecule has 4 aromatic heterocycles. The van der Waals surface area contributed by atoms with Gasteiger partial charge < -0.3 is 15.5 Å². The Balaban J connectivity index is 1.69. The normalized spacial score (nSPS) is 12.0. The fourth-order valence-corrected chi connectivity index (χ4v) is 4.45. The number of carbonyl (C=O) groups is 2. The zero-order valence-electron chi connectivity index (χ0n) is 17.8. The average molecular weight is 513 g/mol. The zero-order valence-corrected chi connectivity index (χ0v) is 18.6. The number of primary amides is 1. The molecule has 0 aliphatic rings. The molecule has 8 nitrogen and oxygen atoms in total. The fraction of sp³-hybridized carbons (Fsp3) is 0.238. The summed E-state index contributed by atoms with van der Waals surface area (Å²) in [5, 5.41) is 6.17. The van der Waals surface area contributed by atoms with Crippen molar-refractivity contribution in [2.45, 2.75) is 32.5 Å². The third-order valence-corrected chi connectivity index (χ3v) is 6.10. The monoisotopic (exact) mass is 513 g/mol. The van der Waals surface area contributed by atoms with Crippen LogP contribution in [0, 0.1) is 6.92 Å². The molecule has 35 heavy (non-hydrogen) atoms. The largest absolute Gasteiger partial charge is 0.464 e. The van der Waals surface area contributed by atoms with E-state index >= 15 is 0 Å². The van der Waals surface area contributed by atoms with Gasteiger partial charge in [0.05, 0.1) is 12.0 Å². The maximum atomic E-state index is 13.4. The maximum absolute atomic E-state index is 13.4. The lowest BCUT2D eigenvalue weighted by Gasteiger charge is -2.10. The third-order valence-electron chi connectivity index (χ3n) is 5.00. The van der Waals surface area contributed by atoms with Gasteiger partial charge in [-0.3, -0.25) is 14.3 Å². The summed E-state index contributed by atoms with van der Waals surface area (Å²) in [6.45, 7) is 1.24. The first-order valence-electron chi connectivity index (χ1n) is 9.96. The standard InChI is InChI=1S/C21H16F5N5O3S/c1-9-7-13(21(24,25)26)30-31(9)5-4-14(32)29-16-15-10(12-3-2-6-34-12)8-11(18(22)23)28-20(15)35-17(16)19(27)33/h2-3,6-8,18H,4-5H2,1H3,(H2,27,33)(H,29,32). The molecule has 4 aromatic rings. The first-order valence-corrected chi connectivity index (χ1v) is 10.8. The summed E-state index contributed by atoms with van der Waals surface area (Å²) in [5.41, 5.74) is 4.12. The molecule has 0 saturated heterocycles. The number of rotatable bonds is 7. The highest BCUT2D eigenvalue weighted by Crippen LogP contribution is 2.42. The first-order chi connectivity index (χ1) is 16.5. The molecule has 0 saturated carbocycles. The Morgan fingerprint density at radius 2 is 2.03 bits per heavy atom. The zero-order chi connectivity index (χ0) is 25.5. The molecule has 0 bridgehead atoms. The number of aromatic nitrogens is 3. The van der Waals surface area contributed by atoms with Crippen LogP contribution in [0.3, 0.4) is 0 Å². The number of pyridine rings is 1. The van der Waals surface area contributed by atoms with Gasteiger partial charge >= 0.3 is 6.18 Å². The highest BCUT2D eigenvalue weighted by Gasteiger charge is 2.34.